The van der Waals surface area contributed by atoms with Crippen LogP contribution in [0.25, 0.3) is 0 Å². The van der Waals surface area contributed by atoms with Crippen molar-refractivity contribution < 1.29 is 19.1 Å². The summed E-state index contributed by atoms with van der Waals surface area (Å²) in [7, 11) is 0. The number of carboxylic acids is 1. The molecule has 1 aromatic carbocycles. The summed E-state index contributed by atoms with van der Waals surface area (Å²) in [5, 5.41) is 11.7. The van der Waals surface area contributed by atoms with Gasteiger partial charge in [0, 0.05) is 11.0 Å². The van der Waals surface area contributed by atoms with Gasteiger partial charge in [-0.3, -0.25) is 9.59 Å². The van der Waals surface area contributed by atoms with Crippen LogP contribution >= 0.6 is 15.9 Å². The minimum atomic E-state index is -0.911. The van der Waals surface area contributed by atoms with E-state index in [0.717, 1.165) is 6.42 Å². The normalized spacial score (nSPS) is 16.5. The maximum Gasteiger partial charge on any atom is 0.311 e. The van der Waals surface area contributed by atoms with Crippen molar-refractivity contribution in [2.75, 3.05) is 6.54 Å². The van der Waals surface area contributed by atoms with Crippen molar-refractivity contribution in [1.29, 1.82) is 0 Å². The topological polar surface area (TPSA) is 66.4 Å². The molecule has 2 N–H and O–H groups in total. The van der Waals surface area contributed by atoms with Gasteiger partial charge >= 0.3 is 5.97 Å². The predicted molar refractivity (Wildman–Crippen MR) is 70.4 cm³/mol. The summed E-state index contributed by atoms with van der Waals surface area (Å²) >= 11 is 3.11. The molecule has 0 atom stereocenters. The molecular formula is C13H13BrFNO3. The minimum absolute atomic E-state index is 0.0297. The molecule has 1 aliphatic rings. The Balaban J connectivity index is 2.08. The number of hydrogen-bond donors (Lipinski definition) is 2. The lowest BCUT2D eigenvalue weighted by Crippen LogP contribution is -2.47. The fraction of sp³-hybridized carbons (Fsp3) is 0.385. The van der Waals surface area contributed by atoms with Gasteiger partial charge in [-0.2, -0.15) is 0 Å². The molecule has 0 unspecified atom stereocenters. The number of amides is 1. The van der Waals surface area contributed by atoms with Crippen molar-refractivity contribution in [1.82, 2.24) is 5.32 Å². The van der Waals surface area contributed by atoms with Crippen LogP contribution in [0.4, 0.5) is 4.39 Å². The highest BCUT2D eigenvalue weighted by atomic mass is 79.9. The zero-order valence-corrected chi connectivity index (χ0v) is 11.7. The Morgan fingerprint density at radius 3 is 2.58 bits per heavy atom. The highest BCUT2D eigenvalue weighted by Crippen LogP contribution is 2.40. The number of benzene rings is 1. The summed E-state index contributed by atoms with van der Waals surface area (Å²) in [6.45, 7) is 0.0297. The fourth-order valence-corrected chi connectivity index (χ4v) is 2.64. The third-order valence-corrected chi connectivity index (χ3v) is 4.20. The molecule has 102 valence electrons. The molecule has 0 bridgehead atoms. The summed E-state index contributed by atoms with van der Waals surface area (Å²) in [4.78, 5) is 23.1. The van der Waals surface area contributed by atoms with Crippen LogP contribution in [0.1, 0.15) is 29.6 Å². The number of halogens is 2. The zero-order valence-electron chi connectivity index (χ0n) is 10.1. The van der Waals surface area contributed by atoms with E-state index in [4.69, 9.17) is 5.11 Å². The van der Waals surface area contributed by atoms with E-state index in [9.17, 15) is 14.0 Å². The van der Waals surface area contributed by atoms with Gasteiger partial charge in [0.2, 0.25) is 0 Å². The van der Waals surface area contributed by atoms with Gasteiger partial charge in [0.1, 0.15) is 5.82 Å². The molecule has 19 heavy (non-hydrogen) atoms. The number of carboxylic acid groups (broad SMARTS) is 1. The number of carbonyl (C=O) groups excluding carboxylic acids is 1. The molecule has 1 aromatic rings. The first-order valence-electron chi connectivity index (χ1n) is 5.92. The van der Waals surface area contributed by atoms with E-state index in [1.807, 2.05) is 0 Å². The van der Waals surface area contributed by atoms with Crippen LogP contribution in [-0.2, 0) is 4.79 Å². The Bertz CT molecular complexity index is 508. The molecule has 0 aromatic heterocycles. The first kappa shape index (κ1) is 14.0. The number of hydrogen-bond acceptors (Lipinski definition) is 2. The second-order valence-corrected chi connectivity index (χ2v) is 5.57. The summed E-state index contributed by atoms with van der Waals surface area (Å²) in [5.74, 6) is -2.14. The first-order chi connectivity index (χ1) is 8.96. The van der Waals surface area contributed by atoms with Crippen molar-refractivity contribution in [2.24, 2.45) is 5.41 Å². The highest BCUT2D eigenvalue weighted by Gasteiger charge is 2.44. The average Bonchev–Trinajstić information content (AvgIpc) is 2.26. The standard InChI is InChI=1S/C13H13BrFNO3/c14-8-3-1-4-9(15)10(8)11(17)16-7-13(12(18)19)5-2-6-13/h1,3-4H,2,5-7H2,(H,16,17)(H,18,19). The Hall–Kier alpha value is -1.43. The zero-order chi connectivity index (χ0) is 14.0. The van der Waals surface area contributed by atoms with Crippen molar-refractivity contribution >= 4 is 27.8 Å². The molecule has 0 spiro atoms. The molecule has 0 radical (unpaired) electrons. The number of nitrogens with one attached hydrogen (secondary N) is 1. The van der Waals surface area contributed by atoms with E-state index in [1.165, 1.54) is 12.1 Å². The van der Waals surface area contributed by atoms with Crippen LogP contribution in [0, 0.1) is 11.2 Å². The second-order valence-electron chi connectivity index (χ2n) is 4.72. The van der Waals surface area contributed by atoms with Gasteiger partial charge in [-0.1, -0.05) is 12.5 Å². The van der Waals surface area contributed by atoms with Crippen LogP contribution < -0.4 is 5.32 Å². The van der Waals surface area contributed by atoms with Crippen molar-refractivity contribution in [3.63, 3.8) is 0 Å². The van der Waals surface area contributed by atoms with Crippen molar-refractivity contribution in [3.8, 4) is 0 Å². The fourth-order valence-electron chi connectivity index (χ4n) is 2.12. The monoisotopic (exact) mass is 329 g/mol. The lowest BCUT2D eigenvalue weighted by Gasteiger charge is -2.37. The molecule has 4 nitrogen and oxygen atoms in total. The van der Waals surface area contributed by atoms with E-state index in [1.54, 1.807) is 6.07 Å². The molecule has 1 aliphatic carbocycles. The molecule has 6 heteroatoms. The van der Waals surface area contributed by atoms with Gasteiger partial charge in [-0.05, 0) is 40.9 Å². The third kappa shape index (κ3) is 2.63. The van der Waals surface area contributed by atoms with Gasteiger partial charge in [-0.15, -0.1) is 0 Å². The SMILES string of the molecule is O=C(NCC1(C(=O)O)CCC1)c1c(F)cccc1Br. The van der Waals surface area contributed by atoms with Gasteiger partial charge in [-0.25, -0.2) is 4.39 Å². The summed E-state index contributed by atoms with van der Waals surface area (Å²) in [6.07, 6.45) is 1.92. The molecule has 1 amide bonds. The number of carbonyl (C=O) groups is 2. The largest absolute Gasteiger partial charge is 0.481 e. The van der Waals surface area contributed by atoms with Crippen LogP contribution in [0.15, 0.2) is 22.7 Å². The molecule has 1 fully saturated rings. The molecule has 1 saturated carbocycles. The minimum Gasteiger partial charge on any atom is -0.481 e. The van der Waals surface area contributed by atoms with Gasteiger partial charge in [0.25, 0.3) is 5.91 Å². The first-order valence-corrected chi connectivity index (χ1v) is 6.71. The van der Waals surface area contributed by atoms with Crippen molar-refractivity contribution in [2.45, 2.75) is 19.3 Å². The molecular weight excluding hydrogens is 317 g/mol. The Labute approximate surface area is 118 Å². The molecule has 2 rings (SSSR count). The second kappa shape index (κ2) is 5.28. The highest BCUT2D eigenvalue weighted by molar-refractivity contribution is 9.10. The van der Waals surface area contributed by atoms with E-state index in [-0.39, 0.29) is 12.1 Å². The van der Waals surface area contributed by atoms with Crippen LogP contribution in [-0.4, -0.2) is 23.5 Å². The van der Waals surface area contributed by atoms with E-state index >= 15 is 0 Å². The van der Waals surface area contributed by atoms with Crippen LogP contribution in [0.5, 0.6) is 0 Å². The molecule has 0 saturated heterocycles. The lowest BCUT2D eigenvalue weighted by molar-refractivity contribution is -0.153. The van der Waals surface area contributed by atoms with E-state index in [0.29, 0.717) is 17.3 Å². The number of aliphatic carboxylic acids is 1. The van der Waals surface area contributed by atoms with E-state index < -0.39 is 23.1 Å². The van der Waals surface area contributed by atoms with Gasteiger partial charge in [0.05, 0.1) is 11.0 Å². The summed E-state index contributed by atoms with van der Waals surface area (Å²) in [6, 6.07) is 4.24. The quantitative estimate of drug-likeness (QED) is 0.892. The smallest absolute Gasteiger partial charge is 0.311 e. The Kier molecular flexibility index (Phi) is 3.89. The number of rotatable bonds is 4. The third-order valence-electron chi connectivity index (χ3n) is 3.54. The molecule has 0 aliphatic heterocycles. The van der Waals surface area contributed by atoms with Crippen molar-refractivity contribution in [3.05, 3.63) is 34.1 Å². The average molecular weight is 330 g/mol. The van der Waals surface area contributed by atoms with Gasteiger partial charge < -0.3 is 10.4 Å². The predicted octanol–water partition coefficient (Wildman–Crippen LogP) is 2.57. The maximum atomic E-state index is 13.6. The maximum absolute atomic E-state index is 13.6. The molecule has 0 heterocycles. The summed E-state index contributed by atoms with van der Waals surface area (Å²) in [5.41, 5.74) is -0.977. The van der Waals surface area contributed by atoms with E-state index in [2.05, 4.69) is 21.2 Å². The lowest BCUT2D eigenvalue weighted by atomic mass is 9.69. The van der Waals surface area contributed by atoms with Crippen LogP contribution in [0.2, 0.25) is 0 Å². The van der Waals surface area contributed by atoms with Crippen LogP contribution in [0.3, 0.4) is 0 Å². The Morgan fingerprint density at radius 1 is 1.42 bits per heavy atom. The van der Waals surface area contributed by atoms with Gasteiger partial charge in [0.15, 0.2) is 0 Å². The Morgan fingerprint density at radius 2 is 2.11 bits per heavy atom. The summed E-state index contributed by atoms with van der Waals surface area (Å²) < 4.78 is 13.9.